The summed E-state index contributed by atoms with van der Waals surface area (Å²) < 4.78 is 40.4. The van der Waals surface area contributed by atoms with Crippen molar-refractivity contribution in [3.8, 4) is 0 Å². The molecule has 1 N–H and O–H groups in total. The zero-order chi connectivity index (χ0) is 15.9. The van der Waals surface area contributed by atoms with Crippen LogP contribution in [0.4, 0.5) is 0 Å². The van der Waals surface area contributed by atoms with E-state index in [4.69, 9.17) is 9.29 Å². The van der Waals surface area contributed by atoms with Crippen LogP contribution in [0.15, 0.2) is 24.3 Å². The maximum absolute atomic E-state index is 11.2. The van der Waals surface area contributed by atoms with E-state index in [2.05, 4.69) is 17.9 Å². The van der Waals surface area contributed by atoms with Crippen molar-refractivity contribution in [1.29, 1.82) is 0 Å². The zero-order valence-electron chi connectivity index (χ0n) is 11.4. The van der Waals surface area contributed by atoms with Crippen LogP contribution in [-0.4, -0.2) is 37.0 Å². The summed E-state index contributed by atoms with van der Waals surface area (Å²) in [6.07, 6.45) is -0.117. The predicted molar refractivity (Wildman–Crippen MR) is 71.2 cm³/mol. The maximum Gasteiger partial charge on any atom is 0.334 e. The smallest absolute Gasteiger partial charge is 0.334 e. The summed E-state index contributed by atoms with van der Waals surface area (Å²) in [4.78, 5) is 22.3. The number of carbonyl (C=O) groups excluding carboxylic acids is 2. The van der Waals surface area contributed by atoms with Gasteiger partial charge in [-0.3, -0.25) is 4.55 Å². The third kappa shape index (κ3) is 7.05. The molecule has 0 aliphatic heterocycles. The van der Waals surface area contributed by atoms with Crippen molar-refractivity contribution in [3.63, 3.8) is 0 Å². The average molecular weight is 306 g/mol. The van der Waals surface area contributed by atoms with Gasteiger partial charge in [0.2, 0.25) is 5.44 Å². The SMILES string of the molecule is C=C(C)C(=O)OCCCC(OC(=O)C(=C)C)S(=O)(=O)O. The second-order valence-corrected chi connectivity index (χ2v) is 5.74. The predicted octanol–water partition coefficient (Wildman–Crippen LogP) is 1.22. The van der Waals surface area contributed by atoms with E-state index in [9.17, 15) is 18.0 Å². The number of ether oxygens (including phenoxy) is 2. The Hall–Kier alpha value is -1.67. The van der Waals surface area contributed by atoms with Crippen LogP contribution in [0.5, 0.6) is 0 Å². The largest absolute Gasteiger partial charge is 0.462 e. The van der Waals surface area contributed by atoms with Crippen LogP contribution in [0.2, 0.25) is 0 Å². The summed E-state index contributed by atoms with van der Waals surface area (Å²) in [5.74, 6) is -1.53. The molecule has 0 heterocycles. The van der Waals surface area contributed by atoms with Gasteiger partial charge in [0.05, 0.1) is 6.61 Å². The second kappa shape index (κ2) is 7.81. The lowest BCUT2D eigenvalue weighted by Crippen LogP contribution is -2.27. The standard InChI is InChI=1S/C12H18O7S/c1-8(2)11(13)18-7-5-6-10(20(15,16)17)19-12(14)9(3)4/h10H,1,3,5-7H2,2,4H3,(H,15,16,17). The highest BCUT2D eigenvalue weighted by molar-refractivity contribution is 7.86. The second-order valence-electron chi connectivity index (χ2n) is 4.19. The van der Waals surface area contributed by atoms with E-state index in [1.54, 1.807) is 0 Å². The number of hydrogen-bond donors (Lipinski definition) is 1. The molecule has 0 aliphatic rings. The quantitative estimate of drug-likeness (QED) is 0.311. The van der Waals surface area contributed by atoms with Gasteiger partial charge in [-0.25, -0.2) is 9.59 Å². The summed E-state index contributed by atoms with van der Waals surface area (Å²) in [5.41, 5.74) is -1.49. The summed E-state index contributed by atoms with van der Waals surface area (Å²) in [7, 11) is -4.55. The lowest BCUT2D eigenvalue weighted by atomic mass is 10.3. The number of carbonyl (C=O) groups is 2. The highest BCUT2D eigenvalue weighted by Crippen LogP contribution is 2.12. The average Bonchev–Trinajstić information content (AvgIpc) is 2.30. The van der Waals surface area contributed by atoms with Gasteiger partial charge in [-0.2, -0.15) is 8.42 Å². The van der Waals surface area contributed by atoms with Gasteiger partial charge in [0.1, 0.15) is 0 Å². The Labute approximate surface area is 118 Å². The molecule has 0 aromatic heterocycles. The molecule has 8 heteroatoms. The lowest BCUT2D eigenvalue weighted by molar-refractivity contribution is -0.142. The Kier molecular flexibility index (Phi) is 7.16. The van der Waals surface area contributed by atoms with Crippen LogP contribution >= 0.6 is 0 Å². The Morgan fingerprint density at radius 1 is 1.15 bits per heavy atom. The highest BCUT2D eigenvalue weighted by Gasteiger charge is 2.27. The van der Waals surface area contributed by atoms with E-state index in [1.807, 2.05) is 0 Å². The topological polar surface area (TPSA) is 107 Å². The molecule has 0 aromatic rings. The van der Waals surface area contributed by atoms with Gasteiger partial charge in [-0.05, 0) is 20.3 Å². The van der Waals surface area contributed by atoms with Gasteiger partial charge in [0.15, 0.2) is 0 Å². The lowest BCUT2D eigenvalue weighted by Gasteiger charge is -2.15. The van der Waals surface area contributed by atoms with E-state index >= 15 is 0 Å². The van der Waals surface area contributed by atoms with Gasteiger partial charge in [-0.1, -0.05) is 13.2 Å². The van der Waals surface area contributed by atoms with Crippen molar-refractivity contribution in [3.05, 3.63) is 24.3 Å². The first kappa shape index (κ1) is 18.3. The van der Waals surface area contributed by atoms with Gasteiger partial charge in [0.25, 0.3) is 0 Å². The molecule has 114 valence electrons. The Morgan fingerprint density at radius 3 is 2.05 bits per heavy atom. The molecule has 20 heavy (non-hydrogen) atoms. The number of hydrogen-bond acceptors (Lipinski definition) is 6. The van der Waals surface area contributed by atoms with E-state index in [-0.39, 0.29) is 30.6 Å². The van der Waals surface area contributed by atoms with Crippen LogP contribution in [-0.2, 0) is 29.2 Å². The molecular weight excluding hydrogens is 288 g/mol. The van der Waals surface area contributed by atoms with Gasteiger partial charge >= 0.3 is 22.1 Å². The first-order valence-corrected chi connectivity index (χ1v) is 7.21. The van der Waals surface area contributed by atoms with Crippen LogP contribution in [0.3, 0.4) is 0 Å². The third-order valence-electron chi connectivity index (χ3n) is 2.08. The minimum Gasteiger partial charge on any atom is -0.462 e. The molecule has 0 spiro atoms. The minimum absolute atomic E-state index is 0.00681. The summed E-state index contributed by atoms with van der Waals surface area (Å²) in [5, 5.41) is 0. The van der Waals surface area contributed by atoms with Crippen LogP contribution < -0.4 is 0 Å². The number of esters is 2. The molecule has 0 amide bonds. The molecule has 0 aliphatic carbocycles. The fraction of sp³-hybridized carbons (Fsp3) is 0.500. The summed E-state index contributed by atoms with van der Waals surface area (Å²) in [6.45, 7) is 9.41. The van der Waals surface area contributed by atoms with Crippen molar-refractivity contribution < 1.29 is 32.0 Å². The molecule has 0 aromatic carbocycles. The monoisotopic (exact) mass is 306 g/mol. The molecule has 0 radical (unpaired) electrons. The summed E-state index contributed by atoms with van der Waals surface area (Å²) >= 11 is 0. The minimum atomic E-state index is -4.55. The first-order valence-electron chi connectivity index (χ1n) is 5.71. The molecule has 1 unspecified atom stereocenters. The molecule has 0 rings (SSSR count). The van der Waals surface area contributed by atoms with E-state index in [0.29, 0.717) is 0 Å². The van der Waals surface area contributed by atoms with E-state index < -0.39 is 27.5 Å². The van der Waals surface area contributed by atoms with Crippen molar-refractivity contribution in [2.75, 3.05) is 6.61 Å². The van der Waals surface area contributed by atoms with Crippen molar-refractivity contribution in [1.82, 2.24) is 0 Å². The molecule has 0 saturated carbocycles. The Balaban J connectivity index is 4.41. The van der Waals surface area contributed by atoms with Crippen LogP contribution in [0.1, 0.15) is 26.7 Å². The first-order chi connectivity index (χ1) is 9.05. The van der Waals surface area contributed by atoms with Crippen molar-refractivity contribution in [2.24, 2.45) is 0 Å². The van der Waals surface area contributed by atoms with Gasteiger partial charge in [0, 0.05) is 17.6 Å². The van der Waals surface area contributed by atoms with Gasteiger partial charge in [-0.15, -0.1) is 0 Å². The molecule has 0 saturated heterocycles. The molecule has 1 atom stereocenters. The fourth-order valence-electron chi connectivity index (χ4n) is 1.03. The third-order valence-corrected chi connectivity index (χ3v) is 3.08. The molecule has 0 bridgehead atoms. The molecule has 7 nitrogen and oxygen atoms in total. The van der Waals surface area contributed by atoms with Crippen molar-refractivity contribution in [2.45, 2.75) is 32.1 Å². The van der Waals surface area contributed by atoms with Gasteiger partial charge < -0.3 is 9.47 Å². The van der Waals surface area contributed by atoms with Crippen LogP contribution in [0, 0.1) is 0 Å². The summed E-state index contributed by atoms with van der Waals surface area (Å²) in [6, 6.07) is 0. The molecule has 0 fully saturated rings. The van der Waals surface area contributed by atoms with Crippen molar-refractivity contribution >= 4 is 22.1 Å². The van der Waals surface area contributed by atoms with E-state index in [0.717, 1.165) is 0 Å². The maximum atomic E-state index is 11.2. The zero-order valence-corrected chi connectivity index (χ0v) is 12.2. The van der Waals surface area contributed by atoms with Crippen LogP contribution in [0.25, 0.3) is 0 Å². The number of rotatable bonds is 8. The molecular formula is C12H18O7S. The highest BCUT2D eigenvalue weighted by atomic mass is 32.2. The Bertz CT molecular complexity index is 504. The van der Waals surface area contributed by atoms with E-state index in [1.165, 1.54) is 13.8 Å². The normalized spacial score (nSPS) is 12.3. The Morgan fingerprint density at radius 2 is 1.65 bits per heavy atom. The fourth-order valence-corrected chi connectivity index (χ4v) is 1.70.